The second-order valence-corrected chi connectivity index (χ2v) is 4.50. The first-order valence-corrected chi connectivity index (χ1v) is 5.55. The Morgan fingerprint density at radius 1 is 1.57 bits per heavy atom. The molecule has 1 aliphatic rings. The fraction of sp³-hybridized carbons (Fsp3) is 0.909. The van der Waals surface area contributed by atoms with Gasteiger partial charge in [-0.3, -0.25) is 4.79 Å². The highest BCUT2D eigenvalue weighted by atomic mass is 16.4. The van der Waals surface area contributed by atoms with E-state index in [1.807, 2.05) is 0 Å². The van der Waals surface area contributed by atoms with Gasteiger partial charge in [-0.1, -0.05) is 6.92 Å². The summed E-state index contributed by atoms with van der Waals surface area (Å²) >= 11 is 0. The summed E-state index contributed by atoms with van der Waals surface area (Å²) in [6.45, 7) is 6.77. The van der Waals surface area contributed by atoms with Crippen LogP contribution in [0.3, 0.4) is 0 Å². The van der Waals surface area contributed by atoms with Crippen LogP contribution in [0.1, 0.15) is 39.5 Å². The van der Waals surface area contributed by atoms with E-state index >= 15 is 0 Å². The predicted molar refractivity (Wildman–Crippen MR) is 56.3 cm³/mol. The van der Waals surface area contributed by atoms with Crippen LogP contribution in [-0.4, -0.2) is 35.1 Å². The number of hydrogen-bond acceptors (Lipinski definition) is 2. The summed E-state index contributed by atoms with van der Waals surface area (Å²) in [5.41, 5.74) is 0. The molecule has 0 aliphatic carbocycles. The van der Waals surface area contributed by atoms with Crippen LogP contribution >= 0.6 is 0 Å². The molecule has 0 spiro atoms. The van der Waals surface area contributed by atoms with Crippen LogP contribution in [-0.2, 0) is 4.79 Å². The summed E-state index contributed by atoms with van der Waals surface area (Å²) < 4.78 is 0. The predicted octanol–water partition coefficient (Wildman–Crippen LogP) is 1.97. The minimum absolute atomic E-state index is 0.316. The van der Waals surface area contributed by atoms with Crippen LogP contribution in [0, 0.1) is 5.92 Å². The van der Waals surface area contributed by atoms with Crippen LogP contribution in [0.4, 0.5) is 0 Å². The van der Waals surface area contributed by atoms with Crippen molar-refractivity contribution >= 4 is 5.97 Å². The summed E-state index contributed by atoms with van der Waals surface area (Å²) in [6.07, 6.45) is 3.59. The largest absolute Gasteiger partial charge is 0.481 e. The average molecular weight is 199 g/mol. The van der Waals surface area contributed by atoms with Crippen molar-refractivity contribution in [3.05, 3.63) is 0 Å². The SMILES string of the molecule is CC(CCC(=O)O)CCN1CCC1C. The van der Waals surface area contributed by atoms with Gasteiger partial charge in [0.1, 0.15) is 0 Å². The molecular weight excluding hydrogens is 178 g/mol. The van der Waals surface area contributed by atoms with Crippen molar-refractivity contribution in [3.63, 3.8) is 0 Å². The fourth-order valence-corrected chi connectivity index (χ4v) is 1.80. The van der Waals surface area contributed by atoms with Crippen molar-refractivity contribution in [1.82, 2.24) is 4.90 Å². The van der Waals surface area contributed by atoms with E-state index in [1.54, 1.807) is 0 Å². The molecule has 0 aromatic rings. The van der Waals surface area contributed by atoms with Crippen molar-refractivity contribution in [2.24, 2.45) is 5.92 Å². The molecule has 1 rings (SSSR count). The van der Waals surface area contributed by atoms with Gasteiger partial charge in [-0.15, -0.1) is 0 Å². The summed E-state index contributed by atoms with van der Waals surface area (Å²) in [7, 11) is 0. The third-order valence-corrected chi connectivity index (χ3v) is 3.22. The zero-order valence-corrected chi connectivity index (χ0v) is 9.20. The molecule has 2 atom stereocenters. The quantitative estimate of drug-likeness (QED) is 0.711. The topological polar surface area (TPSA) is 40.5 Å². The molecule has 1 saturated heterocycles. The van der Waals surface area contributed by atoms with E-state index in [0.717, 1.165) is 25.4 Å². The van der Waals surface area contributed by atoms with Gasteiger partial charge in [0.25, 0.3) is 0 Å². The van der Waals surface area contributed by atoms with E-state index in [1.165, 1.54) is 13.0 Å². The second-order valence-electron chi connectivity index (χ2n) is 4.50. The molecule has 0 aromatic heterocycles. The maximum Gasteiger partial charge on any atom is 0.303 e. The lowest BCUT2D eigenvalue weighted by atomic mass is 9.98. The van der Waals surface area contributed by atoms with Crippen molar-refractivity contribution in [2.45, 2.75) is 45.6 Å². The number of likely N-dealkylation sites (tertiary alicyclic amines) is 1. The first-order valence-electron chi connectivity index (χ1n) is 5.55. The molecule has 0 bridgehead atoms. The van der Waals surface area contributed by atoms with E-state index in [4.69, 9.17) is 5.11 Å². The zero-order valence-electron chi connectivity index (χ0n) is 9.20. The summed E-state index contributed by atoms with van der Waals surface area (Å²) in [5, 5.41) is 8.53. The maximum absolute atomic E-state index is 10.4. The van der Waals surface area contributed by atoms with Crippen LogP contribution in [0.5, 0.6) is 0 Å². The number of carbonyl (C=O) groups is 1. The van der Waals surface area contributed by atoms with Crippen LogP contribution < -0.4 is 0 Å². The van der Waals surface area contributed by atoms with Crippen molar-refractivity contribution in [1.29, 1.82) is 0 Å². The molecule has 0 radical (unpaired) electrons. The van der Waals surface area contributed by atoms with Gasteiger partial charge < -0.3 is 10.0 Å². The third kappa shape index (κ3) is 3.66. The molecule has 1 heterocycles. The van der Waals surface area contributed by atoms with Gasteiger partial charge in [-0.05, 0) is 45.2 Å². The molecule has 0 amide bonds. The van der Waals surface area contributed by atoms with E-state index in [9.17, 15) is 4.79 Å². The lowest BCUT2D eigenvalue weighted by molar-refractivity contribution is -0.137. The lowest BCUT2D eigenvalue weighted by Crippen LogP contribution is -2.46. The Morgan fingerprint density at radius 2 is 2.29 bits per heavy atom. The van der Waals surface area contributed by atoms with E-state index in [2.05, 4.69) is 18.7 Å². The molecule has 82 valence electrons. The number of carboxylic acid groups (broad SMARTS) is 1. The smallest absolute Gasteiger partial charge is 0.303 e. The molecule has 3 heteroatoms. The molecule has 14 heavy (non-hydrogen) atoms. The maximum atomic E-state index is 10.4. The average Bonchev–Trinajstić information content (AvgIpc) is 2.12. The van der Waals surface area contributed by atoms with Crippen molar-refractivity contribution < 1.29 is 9.90 Å². The number of rotatable bonds is 6. The van der Waals surface area contributed by atoms with Gasteiger partial charge in [0.05, 0.1) is 0 Å². The first kappa shape index (κ1) is 11.5. The highest BCUT2D eigenvalue weighted by molar-refractivity contribution is 5.66. The highest BCUT2D eigenvalue weighted by Gasteiger charge is 2.22. The van der Waals surface area contributed by atoms with Gasteiger partial charge >= 0.3 is 5.97 Å². The molecular formula is C11H21NO2. The molecule has 1 aliphatic heterocycles. The number of hydrogen-bond donors (Lipinski definition) is 1. The molecule has 1 N–H and O–H groups in total. The normalized spacial score (nSPS) is 24.3. The Morgan fingerprint density at radius 3 is 2.71 bits per heavy atom. The van der Waals surface area contributed by atoms with Crippen LogP contribution in [0.15, 0.2) is 0 Å². The Bertz CT molecular complexity index is 194. The fourth-order valence-electron chi connectivity index (χ4n) is 1.80. The van der Waals surface area contributed by atoms with E-state index < -0.39 is 5.97 Å². The Hall–Kier alpha value is -0.570. The number of nitrogens with zero attached hydrogens (tertiary/aromatic N) is 1. The minimum atomic E-state index is -0.672. The first-order chi connectivity index (χ1) is 6.59. The Kier molecular flexibility index (Phi) is 4.39. The Labute approximate surface area is 86.1 Å². The Balaban J connectivity index is 2.02. The van der Waals surface area contributed by atoms with Crippen molar-refractivity contribution in [2.75, 3.05) is 13.1 Å². The molecule has 1 fully saturated rings. The van der Waals surface area contributed by atoms with E-state index in [-0.39, 0.29) is 0 Å². The third-order valence-electron chi connectivity index (χ3n) is 3.22. The summed E-state index contributed by atoms with van der Waals surface area (Å²) in [5.74, 6) is -0.131. The summed E-state index contributed by atoms with van der Waals surface area (Å²) in [4.78, 5) is 12.8. The number of aliphatic carboxylic acids is 1. The standard InChI is InChI=1S/C11H21NO2/c1-9(3-4-11(13)14)5-7-12-8-6-10(12)2/h9-10H,3-8H2,1-2H3,(H,13,14). The van der Waals surface area contributed by atoms with Crippen molar-refractivity contribution in [3.8, 4) is 0 Å². The van der Waals surface area contributed by atoms with Gasteiger partial charge in [-0.2, -0.15) is 0 Å². The molecule has 0 saturated carbocycles. The molecule has 3 nitrogen and oxygen atoms in total. The second kappa shape index (κ2) is 5.35. The van der Waals surface area contributed by atoms with Crippen LogP contribution in [0.25, 0.3) is 0 Å². The van der Waals surface area contributed by atoms with E-state index in [0.29, 0.717) is 12.3 Å². The summed E-state index contributed by atoms with van der Waals surface area (Å²) in [6, 6.07) is 0.752. The van der Waals surface area contributed by atoms with Gasteiger partial charge in [0.15, 0.2) is 0 Å². The van der Waals surface area contributed by atoms with Crippen LogP contribution in [0.2, 0.25) is 0 Å². The molecule has 2 unspecified atom stereocenters. The zero-order chi connectivity index (χ0) is 10.6. The van der Waals surface area contributed by atoms with Gasteiger partial charge in [0.2, 0.25) is 0 Å². The van der Waals surface area contributed by atoms with Gasteiger partial charge in [-0.25, -0.2) is 0 Å². The monoisotopic (exact) mass is 199 g/mol. The molecule has 0 aromatic carbocycles. The lowest BCUT2D eigenvalue weighted by Gasteiger charge is -2.39. The minimum Gasteiger partial charge on any atom is -0.481 e. The van der Waals surface area contributed by atoms with Gasteiger partial charge in [0, 0.05) is 12.5 Å². The highest BCUT2D eigenvalue weighted by Crippen LogP contribution is 2.19. The number of carboxylic acids is 1.